The normalized spacial score (nSPS) is 16.8. The first kappa shape index (κ1) is 15.0. The van der Waals surface area contributed by atoms with Gasteiger partial charge in [0.2, 0.25) is 5.91 Å². The van der Waals surface area contributed by atoms with Crippen molar-refractivity contribution in [3.8, 4) is 0 Å². The molecule has 1 fully saturated rings. The summed E-state index contributed by atoms with van der Waals surface area (Å²) in [5.74, 6) is -0.849. The lowest BCUT2D eigenvalue weighted by molar-refractivity contribution is -0.132. The van der Waals surface area contributed by atoms with Gasteiger partial charge >= 0.3 is 6.03 Å². The van der Waals surface area contributed by atoms with Crippen LogP contribution in [0.2, 0.25) is 0 Å². The molecule has 2 rings (SSSR count). The number of nitrogens with zero attached hydrogens (tertiary/aromatic N) is 1. The smallest absolute Gasteiger partial charge is 0.325 e. The monoisotopic (exact) mass is 290 g/mol. The molecule has 0 aliphatic carbocycles. The molecular formula is C14H18N4O3. The van der Waals surface area contributed by atoms with Crippen LogP contribution in [0.4, 0.5) is 10.5 Å². The maximum absolute atomic E-state index is 12.0. The standard InChI is InChI=1S/C14H18N4O3/c1-14(2)12(20)18(13(21)17-14)8-11(19)16-10-5-3-9(7-15)4-6-10/h3-6H,7-8,15H2,1-2H3,(H,16,19)(H,17,21). The van der Waals surface area contributed by atoms with Crippen LogP contribution >= 0.6 is 0 Å². The number of hydrogen-bond donors (Lipinski definition) is 3. The van der Waals surface area contributed by atoms with Crippen molar-refractivity contribution >= 4 is 23.5 Å². The van der Waals surface area contributed by atoms with E-state index in [1.807, 2.05) is 0 Å². The lowest BCUT2D eigenvalue weighted by Crippen LogP contribution is -2.41. The summed E-state index contributed by atoms with van der Waals surface area (Å²) >= 11 is 0. The predicted octanol–water partition coefficient (Wildman–Crippen LogP) is 0.414. The van der Waals surface area contributed by atoms with Crippen molar-refractivity contribution < 1.29 is 14.4 Å². The molecule has 112 valence electrons. The molecule has 0 saturated carbocycles. The van der Waals surface area contributed by atoms with E-state index < -0.39 is 23.4 Å². The van der Waals surface area contributed by atoms with Gasteiger partial charge in [0.15, 0.2) is 0 Å². The number of carbonyl (C=O) groups excluding carboxylic acids is 3. The first-order valence-electron chi connectivity index (χ1n) is 6.56. The van der Waals surface area contributed by atoms with Crippen LogP contribution in [-0.4, -0.2) is 34.8 Å². The summed E-state index contributed by atoms with van der Waals surface area (Å²) in [6, 6.07) is 6.48. The first-order valence-corrected chi connectivity index (χ1v) is 6.56. The van der Waals surface area contributed by atoms with Crippen LogP contribution in [0, 0.1) is 0 Å². The number of amides is 4. The first-order chi connectivity index (χ1) is 9.83. The zero-order valence-electron chi connectivity index (χ0n) is 12.0. The molecule has 1 aliphatic heterocycles. The molecular weight excluding hydrogens is 272 g/mol. The summed E-state index contributed by atoms with van der Waals surface area (Å²) < 4.78 is 0. The topological polar surface area (TPSA) is 105 Å². The Morgan fingerprint density at radius 3 is 2.38 bits per heavy atom. The zero-order valence-corrected chi connectivity index (χ0v) is 12.0. The molecule has 1 aromatic rings. The SMILES string of the molecule is CC1(C)NC(=O)N(CC(=O)Nc2ccc(CN)cc2)C1=O. The second-order valence-electron chi connectivity index (χ2n) is 5.40. The molecule has 1 heterocycles. The summed E-state index contributed by atoms with van der Waals surface area (Å²) in [5, 5.41) is 5.16. The highest BCUT2D eigenvalue weighted by Gasteiger charge is 2.44. The fourth-order valence-corrected chi connectivity index (χ4v) is 2.03. The Hall–Kier alpha value is -2.41. The molecule has 1 aliphatic rings. The van der Waals surface area contributed by atoms with Crippen LogP contribution < -0.4 is 16.4 Å². The van der Waals surface area contributed by atoms with Crippen molar-refractivity contribution in [1.29, 1.82) is 0 Å². The van der Waals surface area contributed by atoms with Crippen molar-refractivity contribution in [2.45, 2.75) is 25.9 Å². The van der Waals surface area contributed by atoms with E-state index in [-0.39, 0.29) is 6.54 Å². The number of imide groups is 1. The molecule has 0 atom stereocenters. The third-order valence-corrected chi connectivity index (χ3v) is 3.22. The quantitative estimate of drug-likeness (QED) is 0.699. The molecule has 4 amide bonds. The fraction of sp³-hybridized carbons (Fsp3) is 0.357. The number of anilines is 1. The van der Waals surface area contributed by atoms with E-state index in [0.717, 1.165) is 10.5 Å². The maximum Gasteiger partial charge on any atom is 0.325 e. The Balaban J connectivity index is 1.98. The number of carbonyl (C=O) groups is 3. The highest BCUT2D eigenvalue weighted by molar-refractivity contribution is 6.09. The fourth-order valence-electron chi connectivity index (χ4n) is 2.03. The molecule has 21 heavy (non-hydrogen) atoms. The molecule has 7 nitrogen and oxygen atoms in total. The Kier molecular flexibility index (Phi) is 3.95. The van der Waals surface area contributed by atoms with Crippen LogP contribution in [0.3, 0.4) is 0 Å². The number of rotatable bonds is 4. The van der Waals surface area contributed by atoms with E-state index in [4.69, 9.17) is 5.73 Å². The zero-order chi connectivity index (χ0) is 15.6. The lowest BCUT2D eigenvalue weighted by atomic mass is 10.1. The van der Waals surface area contributed by atoms with Crippen molar-refractivity contribution in [1.82, 2.24) is 10.2 Å². The van der Waals surface area contributed by atoms with Crippen LogP contribution in [0.15, 0.2) is 24.3 Å². The van der Waals surface area contributed by atoms with E-state index >= 15 is 0 Å². The van der Waals surface area contributed by atoms with E-state index in [2.05, 4.69) is 10.6 Å². The molecule has 0 unspecified atom stereocenters. The minimum absolute atomic E-state index is 0.313. The van der Waals surface area contributed by atoms with Gasteiger partial charge in [0.1, 0.15) is 12.1 Å². The van der Waals surface area contributed by atoms with Crippen molar-refractivity contribution in [3.63, 3.8) is 0 Å². The van der Waals surface area contributed by atoms with Gasteiger partial charge in [-0.05, 0) is 31.5 Å². The third-order valence-electron chi connectivity index (χ3n) is 3.22. The van der Waals surface area contributed by atoms with Gasteiger partial charge in [-0.25, -0.2) is 4.79 Å². The van der Waals surface area contributed by atoms with E-state index in [9.17, 15) is 14.4 Å². The molecule has 7 heteroatoms. The van der Waals surface area contributed by atoms with Gasteiger partial charge in [-0.15, -0.1) is 0 Å². The van der Waals surface area contributed by atoms with E-state index in [1.54, 1.807) is 38.1 Å². The van der Waals surface area contributed by atoms with Gasteiger partial charge in [0.05, 0.1) is 0 Å². The average Bonchev–Trinajstić information content (AvgIpc) is 2.62. The number of nitrogens with two attached hydrogens (primary N) is 1. The van der Waals surface area contributed by atoms with Gasteiger partial charge in [-0.3, -0.25) is 14.5 Å². The number of hydrogen-bond acceptors (Lipinski definition) is 4. The Labute approximate surface area is 122 Å². The molecule has 0 bridgehead atoms. The Bertz CT molecular complexity index is 580. The highest BCUT2D eigenvalue weighted by Crippen LogP contribution is 2.16. The Morgan fingerprint density at radius 2 is 1.90 bits per heavy atom. The van der Waals surface area contributed by atoms with Crippen molar-refractivity contribution in [2.75, 3.05) is 11.9 Å². The predicted molar refractivity (Wildman–Crippen MR) is 77.3 cm³/mol. The number of urea groups is 1. The van der Waals surface area contributed by atoms with E-state index in [0.29, 0.717) is 12.2 Å². The maximum atomic E-state index is 12.0. The summed E-state index contributed by atoms with van der Waals surface area (Å²) in [7, 11) is 0. The summed E-state index contributed by atoms with van der Waals surface area (Å²) in [5.41, 5.74) is 6.05. The van der Waals surface area contributed by atoms with Gasteiger partial charge in [0.25, 0.3) is 5.91 Å². The van der Waals surface area contributed by atoms with Gasteiger partial charge in [-0.1, -0.05) is 12.1 Å². The van der Waals surface area contributed by atoms with Gasteiger partial charge < -0.3 is 16.4 Å². The highest BCUT2D eigenvalue weighted by atomic mass is 16.2. The molecule has 1 saturated heterocycles. The number of nitrogens with one attached hydrogen (secondary N) is 2. The minimum atomic E-state index is -0.972. The molecule has 1 aromatic carbocycles. The Morgan fingerprint density at radius 1 is 1.29 bits per heavy atom. The molecule has 4 N–H and O–H groups in total. The average molecular weight is 290 g/mol. The second kappa shape index (κ2) is 5.53. The van der Waals surface area contributed by atoms with E-state index in [1.165, 1.54) is 0 Å². The summed E-state index contributed by atoms with van der Waals surface area (Å²) in [6.07, 6.45) is 0. The van der Waals surface area contributed by atoms with Crippen LogP contribution in [-0.2, 0) is 16.1 Å². The third kappa shape index (κ3) is 3.19. The summed E-state index contributed by atoms with van der Waals surface area (Å²) in [4.78, 5) is 36.5. The van der Waals surface area contributed by atoms with Gasteiger partial charge in [0, 0.05) is 12.2 Å². The summed E-state index contributed by atoms with van der Waals surface area (Å²) in [6.45, 7) is 3.30. The van der Waals surface area contributed by atoms with Crippen molar-refractivity contribution in [3.05, 3.63) is 29.8 Å². The molecule has 0 aromatic heterocycles. The van der Waals surface area contributed by atoms with Crippen LogP contribution in [0.5, 0.6) is 0 Å². The van der Waals surface area contributed by atoms with Crippen LogP contribution in [0.25, 0.3) is 0 Å². The molecule has 0 radical (unpaired) electrons. The number of benzene rings is 1. The van der Waals surface area contributed by atoms with Crippen molar-refractivity contribution in [2.24, 2.45) is 5.73 Å². The largest absolute Gasteiger partial charge is 0.326 e. The molecule has 0 spiro atoms. The second-order valence-corrected chi connectivity index (χ2v) is 5.40. The van der Waals surface area contributed by atoms with Crippen LogP contribution in [0.1, 0.15) is 19.4 Å². The van der Waals surface area contributed by atoms with Gasteiger partial charge in [-0.2, -0.15) is 0 Å². The lowest BCUT2D eigenvalue weighted by Gasteiger charge is -2.15. The minimum Gasteiger partial charge on any atom is -0.326 e.